The second-order valence-corrected chi connectivity index (χ2v) is 8.32. The van der Waals surface area contributed by atoms with Crippen molar-refractivity contribution in [3.8, 4) is 0 Å². The monoisotopic (exact) mass is 356 g/mol. The molecule has 1 aliphatic heterocycles. The number of piperidine rings is 1. The number of carbonyl (C=O) groups is 1. The van der Waals surface area contributed by atoms with Gasteiger partial charge < -0.3 is 4.90 Å². The summed E-state index contributed by atoms with van der Waals surface area (Å²) in [6, 6.07) is 14.8. The third kappa shape index (κ3) is 4.93. The highest BCUT2D eigenvalue weighted by Gasteiger charge is 2.29. The van der Waals surface area contributed by atoms with Crippen LogP contribution in [0.2, 0.25) is 0 Å². The van der Waals surface area contributed by atoms with E-state index >= 15 is 0 Å². The van der Waals surface area contributed by atoms with Crippen molar-refractivity contribution >= 4 is 22.9 Å². The molecular formula is C21H28N2OS. The molecule has 134 valence electrons. The second kappa shape index (κ2) is 8.63. The van der Waals surface area contributed by atoms with Gasteiger partial charge in [0.2, 0.25) is 5.91 Å². The summed E-state index contributed by atoms with van der Waals surface area (Å²) in [4.78, 5) is 18.9. The van der Waals surface area contributed by atoms with Crippen LogP contribution in [0.25, 0.3) is 0 Å². The van der Waals surface area contributed by atoms with Gasteiger partial charge in [-0.05, 0) is 42.3 Å². The van der Waals surface area contributed by atoms with Crippen LogP contribution in [0.4, 0.5) is 5.69 Å². The highest BCUT2D eigenvalue weighted by molar-refractivity contribution is 7.09. The number of rotatable bonds is 6. The van der Waals surface area contributed by atoms with E-state index in [1.54, 1.807) is 0 Å². The van der Waals surface area contributed by atoms with Crippen LogP contribution in [-0.4, -0.2) is 29.9 Å². The fourth-order valence-corrected chi connectivity index (χ4v) is 4.30. The summed E-state index contributed by atoms with van der Waals surface area (Å²) in [7, 11) is 0. The van der Waals surface area contributed by atoms with Crippen LogP contribution in [0.15, 0.2) is 47.8 Å². The Labute approximate surface area is 155 Å². The summed E-state index contributed by atoms with van der Waals surface area (Å²) in [6.45, 7) is 7.38. The molecule has 0 saturated carbocycles. The number of benzene rings is 1. The van der Waals surface area contributed by atoms with Crippen molar-refractivity contribution in [2.24, 2.45) is 5.92 Å². The van der Waals surface area contributed by atoms with Gasteiger partial charge in [-0.2, -0.15) is 0 Å². The maximum Gasteiger partial charge on any atom is 0.227 e. The second-order valence-electron chi connectivity index (χ2n) is 7.28. The van der Waals surface area contributed by atoms with Crippen LogP contribution in [0.5, 0.6) is 0 Å². The van der Waals surface area contributed by atoms with Crippen LogP contribution in [-0.2, 0) is 11.3 Å². The summed E-state index contributed by atoms with van der Waals surface area (Å²) in [6.07, 6.45) is 2.71. The number of carbonyl (C=O) groups excluding carboxylic acids is 1. The van der Waals surface area contributed by atoms with Gasteiger partial charge >= 0.3 is 0 Å². The van der Waals surface area contributed by atoms with E-state index in [2.05, 4.69) is 53.3 Å². The normalized spacial score (nSPS) is 16.3. The molecule has 0 bridgehead atoms. The van der Waals surface area contributed by atoms with Gasteiger partial charge in [0, 0.05) is 42.7 Å². The van der Waals surface area contributed by atoms with Crippen LogP contribution in [0, 0.1) is 5.92 Å². The number of amides is 1. The summed E-state index contributed by atoms with van der Waals surface area (Å²) < 4.78 is 0. The zero-order chi connectivity index (χ0) is 17.6. The van der Waals surface area contributed by atoms with Crippen molar-refractivity contribution in [3.05, 3.63) is 52.7 Å². The van der Waals surface area contributed by atoms with Crippen molar-refractivity contribution in [3.63, 3.8) is 0 Å². The summed E-state index contributed by atoms with van der Waals surface area (Å²) >= 11 is 1.83. The minimum Gasteiger partial charge on any atom is -0.309 e. The van der Waals surface area contributed by atoms with E-state index in [1.807, 2.05) is 29.5 Å². The van der Waals surface area contributed by atoms with E-state index in [0.29, 0.717) is 18.4 Å². The molecule has 1 saturated heterocycles. The Morgan fingerprint density at radius 1 is 1.16 bits per heavy atom. The van der Waals surface area contributed by atoms with Crippen LogP contribution >= 0.6 is 11.3 Å². The first kappa shape index (κ1) is 18.2. The smallest absolute Gasteiger partial charge is 0.227 e. The molecule has 0 radical (unpaired) electrons. The Hall–Kier alpha value is -1.65. The van der Waals surface area contributed by atoms with Gasteiger partial charge in [-0.15, -0.1) is 11.3 Å². The van der Waals surface area contributed by atoms with Gasteiger partial charge in [0.15, 0.2) is 0 Å². The zero-order valence-electron chi connectivity index (χ0n) is 15.2. The van der Waals surface area contributed by atoms with Gasteiger partial charge in [0.1, 0.15) is 0 Å². The average molecular weight is 357 g/mol. The largest absolute Gasteiger partial charge is 0.309 e. The average Bonchev–Trinajstić information content (AvgIpc) is 3.10. The topological polar surface area (TPSA) is 23.6 Å². The van der Waals surface area contributed by atoms with Crippen LogP contribution < -0.4 is 4.90 Å². The van der Waals surface area contributed by atoms with Crippen molar-refractivity contribution in [1.29, 1.82) is 0 Å². The molecule has 25 heavy (non-hydrogen) atoms. The molecule has 0 N–H and O–H groups in total. The predicted molar refractivity (Wildman–Crippen MR) is 106 cm³/mol. The van der Waals surface area contributed by atoms with Gasteiger partial charge in [-0.3, -0.25) is 9.69 Å². The Morgan fingerprint density at radius 3 is 2.48 bits per heavy atom. The molecule has 0 aliphatic carbocycles. The van der Waals surface area contributed by atoms with E-state index in [1.165, 1.54) is 4.88 Å². The molecule has 3 nitrogen and oxygen atoms in total. The molecule has 1 aromatic heterocycles. The molecule has 0 unspecified atom stereocenters. The summed E-state index contributed by atoms with van der Waals surface area (Å²) in [5.74, 6) is 0.649. The zero-order valence-corrected chi connectivity index (χ0v) is 16.0. The molecule has 1 aliphatic rings. The fraction of sp³-hybridized carbons (Fsp3) is 0.476. The van der Waals surface area contributed by atoms with E-state index in [-0.39, 0.29) is 5.91 Å². The standard InChI is InChI=1S/C21H28N2OS/c1-17(2)15-21(24)23(18-7-4-3-5-8-18)19-10-12-22(13-11-19)16-20-9-6-14-25-20/h3-9,14,17,19H,10-13,15-16H2,1-2H3. The first-order valence-electron chi connectivity index (χ1n) is 9.25. The molecule has 0 spiro atoms. The molecular weight excluding hydrogens is 328 g/mol. The minimum atomic E-state index is 0.262. The van der Waals surface area contributed by atoms with Gasteiger partial charge in [0.25, 0.3) is 0 Å². The third-order valence-corrected chi connectivity index (χ3v) is 5.63. The van der Waals surface area contributed by atoms with Gasteiger partial charge in [-0.25, -0.2) is 0 Å². The van der Waals surface area contributed by atoms with E-state index in [0.717, 1.165) is 38.2 Å². The van der Waals surface area contributed by atoms with E-state index < -0.39 is 0 Å². The number of nitrogens with zero attached hydrogens (tertiary/aromatic N) is 2. The Balaban J connectivity index is 1.66. The molecule has 0 atom stereocenters. The lowest BCUT2D eigenvalue weighted by atomic mass is 10.00. The fourth-order valence-electron chi connectivity index (χ4n) is 3.55. The molecule has 3 rings (SSSR count). The Morgan fingerprint density at radius 2 is 1.88 bits per heavy atom. The van der Waals surface area contributed by atoms with E-state index in [9.17, 15) is 4.79 Å². The Bertz CT molecular complexity index is 646. The number of anilines is 1. The number of likely N-dealkylation sites (tertiary alicyclic amines) is 1. The maximum absolute atomic E-state index is 12.9. The molecule has 1 fully saturated rings. The molecule has 2 heterocycles. The molecule has 2 aromatic rings. The molecule has 4 heteroatoms. The number of thiophene rings is 1. The summed E-state index contributed by atoms with van der Waals surface area (Å²) in [5.41, 5.74) is 1.05. The van der Waals surface area contributed by atoms with Crippen molar-refractivity contribution in [2.75, 3.05) is 18.0 Å². The van der Waals surface area contributed by atoms with Crippen molar-refractivity contribution in [1.82, 2.24) is 4.90 Å². The minimum absolute atomic E-state index is 0.262. The first-order chi connectivity index (χ1) is 12.1. The lowest BCUT2D eigenvalue weighted by Gasteiger charge is -2.39. The highest BCUT2D eigenvalue weighted by Crippen LogP contribution is 2.26. The lowest BCUT2D eigenvalue weighted by molar-refractivity contribution is -0.120. The lowest BCUT2D eigenvalue weighted by Crippen LogP contribution is -2.47. The molecule has 1 amide bonds. The number of para-hydroxylation sites is 1. The predicted octanol–water partition coefficient (Wildman–Crippen LogP) is 4.79. The quantitative estimate of drug-likeness (QED) is 0.743. The van der Waals surface area contributed by atoms with E-state index in [4.69, 9.17) is 0 Å². The Kier molecular flexibility index (Phi) is 6.27. The maximum atomic E-state index is 12.9. The van der Waals surface area contributed by atoms with Crippen LogP contribution in [0.1, 0.15) is 38.0 Å². The van der Waals surface area contributed by atoms with Gasteiger partial charge in [-0.1, -0.05) is 38.1 Å². The molecule has 1 aromatic carbocycles. The number of hydrogen-bond donors (Lipinski definition) is 0. The first-order valence-corrected chi connectivity index (χ1v) is 10.1. The third-order valence-electron chi connectivity index (χ3n) is 4.77. The highest BCUT2D eigenvalue weighted by atomic mass is 32.1. The SMILES string of the molecule is CC(C)CC(=O)N(c1ccccc1)C1CCN(Cc2cccs2)CC1. The summed E-state index contributed by atoms with van der Waals surface area (Å²) in [5, 5.41) is 2.14. The van der Waals surface area contributed by atoms with Crippen molar-refractivity contribution < 1.29 is 4.79 Å². The van der Waals surface area contributed by atoms with Gasteiger partial charge in [0.05, 0.1) is 0 Å². The van der Waals surface area contributed by atoms with Crippen LogP contribution in [0.3, 0.4) is 0 Å². The number of hydrogen-bond acceptors (Lipinski definition) is 3. The van der Waals surface area contributed by atoms with Crippen molar-refractivity contribution in [2.45, 2.75) is 45.7 Å².